The molecule has 9 heteroatoms. The predicted octanol–water partition coefficient (Wildman–Crippen LogP) is -2.93. The molecule has 0 aliphatic heterocycles. The Kier molecular flexibility index (Phi) is 3.38. The zero-order valence-corrected chi connectivity index (χ0v) is 7.15. The summed E-state index contributed by atoms with van der Waals surface area (Å²) < 4.78 is 42.5. The van der Waals surface area contributed by atoms with Crippen molar-refractivity contribution in [1.29, 1.82) is 0 Å². The van der Waals surface area contributed by atoms with Gasteiger partial charge in [0.1, 0.15) is 0 Å². The van der Waals surface area contributed by atoms with Crippen molar-refractivity contribution in [1.82, 2.24) is 4.72 Å². The first kappa shape index (κ1) is 10.8. The van der Waals surface area contributed by atoms with Gasteiger partial charge >= 0.3 is 0 Å². The van der Waals surface area contributed by atoms with Gasteiger partial charge in [-0.05, 0) is 0 Å². The quantitative estimate of drug-likeness (QED) is 0.451. The molecule has 7 nitrogen and oxygen atoms in total. The molecule has 0 fully saturated rings. The van der Waals surface area contributed by atoms with Crippen LogP contribution >= 0.6 is 0 Å². The van der Waals surface area contributed by atoms with Gasteiger partial charge in [0.2, 0.25) is 10.0 Å². The number of rotatable bonds is 4. The normalized spacial score (nSPS) is 13.3. The molecular formula is C2H9N3O4S2. The Morgan fingerprint density at radius 3 is 1.82 bits per heavy atom. The van der Waals surface area contributed by atoms with Gasteiger partial charge in [-0.2, -0.15) is 8.42 Å². The van der Waals surface area contributed by atoms with Crippen LogP contribution in [0.15, 0.2) is 0 Å². The molecule has 0 aromatic rings. The molecule has 0 aliphatic carbocycles. The lowest BCUT2D eigenvalue weighted by atomic mass is 10.8. The first-order chi connectivity index (χ1) is 4.71. The molecule has 0 rings (SSSR count). The van der Waals surface area contributed by atoms with Crippen LogP contribution in [-0.2, 0) is 20.2 Å². The summed E-state index contributed by atoms with van der Waals surface area (Å²) in [5, 5.41) is 9.05. The highest BCUT2D eigenvalue weighted by atomic mass is 32.2. The molecule has 0 saturated carbocycles. The first-order valence-electron chi connectivity index (χ1n) is 2.48. The average molecular weight is 203 g/mol. The second kappa shape index (κ2) is 3.45. The summed E-state index contributed by atoms with van der Waals surface area (Å²) in [5.41, 5.74) is 0. The van der Waals surface area contributed by atoms with Crippen LogP contribution in [0.4, 0.5) is 0 Å². The summed E-state index contributed by atoms with van der Waals surface area (Å²) in [5.74, 6) is -0.469. The Bertz CT molecular complexity index is 270. The zero-order valence-electron chi connectivity index (χ0n) is 5.52. The summed E-state index contributed by atoms with van der Waals surface area (Å²) >= 11 is 0. The number of hydrogen-bond acceptors (Lipinski definition) is 4. The molecule has 0 atom stereocenters. The van der Waals surface area contributed by atoms with Gasteiger partial charge in [0.25, 0.3) is 10.2 Å². The third kappa shape index (κ3) is 9.78. The van der Waals surface area contributed by atoms with Gasteiger partial charge < -0.3 is 0 Å². The lowest BCUT2D eigenvalue weighted by molar-refractivity contribution is 0.583. The van der Waals surface area contributed by atoms with E-state index in [1.54, 1.807) is 4.72 Å². The monoisotopic (exact) mass is 203 g/mol. The van der Waals surface area contributed by atoms with Crippen molar-refractivity contribution in [3.63, 3.8) is 0 Å². The maximum Gasteiger partial charge on any atom is 0.274 e. The summed E-state index contributed by atoms with van der Waals surface area (Å²) in [4.78, 5) is 0. The Balaban J connectivity index is 3.79. The standard InChI is InChI=1S/C2H9N3O4S2/c3-10(6,7)2-1-5-11(4,8)9/h5H,1-2H2,(H2,3,6,7)(H2,4,8,9). The maximum absolute atomic E-state index is 10.2. The molecule has 0 radical (unpaired) electrons. The van der Waals surface area contributed by atoms with Crippen molar-refractivity contribution in [3.8, 4) is 0 Å². The highest BCUT2D eigenvalue weighted by Gasteiger charge is 2.05. The smallest absolute Gasteiger partial charge is 0.229 e. The molecule has 0 saturated heterocycles. The number of hydrogen-bond donors (Lipinski definition) is 3. The highest BCUT2D eigenvalue weighted by molar-refractivity contribution is 7.89. The molecule has 0 aliphatic rings. The Morgan fingerprint density at radius 2 is 1.55 bits per heavy atom. The van der Waals surface area contributed by atoms with Gasteiger partial charge in [-0.3, -0.25) is 0 Å². The Hall–Kier alpha value is -0.220. The van der Waals surface area contributed by atoms with E-state index in [0.29, 0.717) is 0 Å². The average Bonchev–Trinajstić information content (AvgIpc) is 1.55. The van der Waals surface area contributed by atoms with Gasteiger partial charge in [0.15, 0.2) is 0 Å². The van der Waals surface area contributed by atoms with Crippen LogP contribution in [-0.4, -0.2) is 29.1 Å². The number of nitrogens with one attached hydrogen (secondary N) is 1. The van der Waals surface area contributed by atoms with Gasteiger partial charge in [-0.25, -0.2) is 23.4 Å². The van der Waals surface area contributed by atoms with E-state index in [4.69, 9.17) is 0 Å². The van der Waals surface area contributed by atoms with Gasteiger partial charge in [-0.15, -0.1) is 0 Å². The molecule has 0 spiro atoms. The molecular weight excluding hydrogens is 194 g/mol. The third-order valence-corrected chi connectivity index (χ3v) is 2.07. The van der Waals surface area contributed by atoms with Crippen LogP contribution in [0.25, 0.3) is 0 Å². The Labute approximate surface area is 65.0 Å². The molecule has 0 amide bonds. The van der Waals surface area contributed by atoms with Crippen molar-refractivity contribution >= 4 is 20.2 Å². The van der Waals surface area contributed by atoms with Crippen LogP contribution in [0.3, 0.4) is 0 Å². The minimum atomic E-state index is -3.82. The van der Waals surface area contributed by atoms with Crippen LogP contribution in [0.2, 0.25) is 0 Å². The van der Waals surface area contributed by atoms with Crippen molar-refractivity contribution in [3.05, 3.63) is 0 Å². The van der Waals surface area contributed by atoms with Crippen molar-refractivity contribution in [2.45, 2.75) is 0 Å². The molecule has 5 N–H and O–H groups in total. The van der Waals surface area contributed by atoms with Crippen LogP contribution < -0.4 is 15.0 Å². The lowest BCUT2D eigenvalue weighted by Crippen LogP contribution is -2.35. The van der Waals surface area contributed by atoms with E-state index in [2.05, 4.69) is 10.3 Å². The summed E-state index contributed by atoms with van der Waals surface area (Å²) in [6, 6.07) is 0. The first-order valence-corrected chi connectivity index (χ1v) is 5.75. The highest BCUT2D eigenvalue weighted by Crippen LogP contribution is 1.75. The van der Waals surface area contributed by atoms with E-state index in [0.717, 1.165) is 0 Å². The molecule has 0 heterocycles. The van der Waals surface area contributed by atoms with E-state index < -0.39 is 26.0 Å². The number of primary sulfonamides is 1. The maximum atomic E-state index is 10.2. The van der Waals surface area contributed by atoms with E-state index in [1.165, 1.54) is 0 Å². The van der Waals surface area contributed by atoms with Gasteiger partial charge in [-0.1, -0.05) is 0 Å². The van der Waals surface area contributed by atoms with Crippen molar-refractivity contribution in [2.75, 3.05) is 12.3 Å². The fourth-order valence-corrected chi connectivity index (χ4v) is 1.23. The van der Waals surface area contributed by atoms with Crippen molar-refractivity contribution in [2.24, 2.45) is 10.3 Å². The third-order valence-electron chi connectivity index (χ3n) is 0.690. The van der Waals surface area contributed by atoms with E-state index in [1.807, 2.05) is 0 Å². The van der Waals surface area contributed by atoms with Crippen molar-refractivity contribution < 1.29 is 16.8 Å². The van der Waals surface area contributed by atoms with Gasteiger partial charge in [0, 0.05) is 6.54 Å². The molecule has 11 heavy (non-hydrogen) atoms. The largest absolute Gasteiger partial charge is 0.274 e. The molecule has 0 aromatic heterocycles. The summed E-state index contributed by atoms with van der Waals surface area (Å²) in [7, 11) is -7.45. The van der Waals surface area contributed by atoms with Crippen LogP contribution in [0.1, 0.15) is 0 Å². The molecule has 0 aromatic carbocycles. The second-order valence-corrected chi connectivity index (χ2v) is 4.92. The van der Waals surface area contributed by atoms with Gasteiger partial charge in [0.05, 0.1) is 5.75 Å². The second-order valence-electron chi connectivity index (χ2n) is 1.81. The minimum Gasteiger partial charge on any atom is -0.229 e. The van der Waals surface area contributed by atoms with E-state index >= 15 is 0 Å². The lowest BCUT2D eigenvalue weighted by Gasteiger charge is -1.98. The van der Waals surface area contributed by atoms with E-state index in [9.17, 15) is 16.8 Å². The predicted molar refractivity (Wildman–Crippen MR) is 39.1 cm³/mol. The number of nitrogens with two attached hydrogens (primary N) is 2. The van der Waals surface area contributed by atoms with Crippen LogP contribution in [0, 0.1) is 0 Å². The van der Waals surface area contributed by atoms with E-state index in [-0.39, 0.29) is 6.54 Å². The molecule has 0 bridgehead atoms. The fraction of sp³-hybridized carbons (Fsp3) is 1.00. The van der Waals surface area contributed by atoms with Crippen LogP contribution in [0.5, 0.6) is 0 Å². The topological polar surface area (TPSA) is 132 Å². The minimum absolute atomic E-state index is 0.308. The zero-order chi connectivity index (χ0) is 9.12. The molecule has 68 valence electrons. The SMILES string of the molecule is NS(=O)(=O)CCNS(N)(=O)=O. The fourth-order valence-electron chi connectivity index (χ4n) is 0.326. The summed E-state index contributed by atoms with van der Waals surface area (Å²) in [6.07, 6.45) is 0. The number of sulfonamides is 1. The molecule has 0 unspecified atom stereocenters. The summed E-state index contributed by atoms with van der Waals surface area (Å²) in [6.45, 7) is -0.308. The Morgan fingerprint density at radius 1 is 1.09 bits per heavy atom.